The van der Waals surface area contributed by atoms with Crippen LogP contribution in [0.5, 0.6) is 0 Å². The van der Waals surface area contributed by atoms with Crippen LogP contribution in [-0.4, -0.2) is 99.4 Å². The third-order valence-electron chi connectivity index (χ3n) is 4.40. The lowest BCUT2D eigenvalue weighted by Crippen LogP contribution is -2.49. The van der Waals surface area contributed by atoms with Gasteiger partial charge in [-0.3, -0.25) is 14.4 Å². The van der Waals surface area contributed by atoms with Crippen molar-refractivity contribution in [2.45, 2.75) is 26.4 Å². The van der Waals surface area contributed by atoms with Crippen LogP contribution in [0.25, 0.3) is 0 Å². The molecule has 0 aromatic rings. The minimum atomic E-state index is -1.36. The van der Waals surface area contributed by atoms with Crippen molar-refractivity contribution >= 4 is 40.8 Å². The Hall–Kier alpha value is -2.60. The van der Waals surface area contributed by atoms with E-state index in [0.717, 1.165) is 23.9 Å². The molecule has 2 N–H and O–H groups in total. The largest absolute Gasteiger partial charge is 0.508 e. The summed E-state index contributed by atoms with van der Waals surface area (Å²) < 4.78 is 16.1. The summed E-state index contributed by atoms with van der Waals surface area (Å²) in [6, 6.07) is 0. The minimum Gasteiger partial charge on any atom is -0.448 e. The molecule has 1 aliphatic heterocycles. The molecule has 0 aromatic carbocycles. The maximum Gasteiger partial charge on any atom is 0.508 e. The van der Waals surface area contributed by atoms with E-state index in [2.05, 4.69) is 10.6 Å². The molecule has 11 nitrogen and oxygen atoms in total. The summed E-state index contributed by atoms with van der Waals surface area (Å²) in [5.41, 5.74) is -1.14. The molecule has 0 aromatic heterocycles. The predicted octanol–water partition coefficient (Wildman–Crippen LogP) is 0.236. The molecule has 186 valence electrons. The highest BCUT2D eigenvalue weighted by atomic mass is 32.2. The number of ether oxygens (including phenoxy) is 3. The highest BCUT2D eigenvalue weighted by molar-refractivity contribution is 8.14. The summed E-state index contributed by atoms with van der Waals surface area (Å²) in [6.07, 6.45) is -0.273. The summed E-state index contributed by atoms with van der Waals surface area (Å²) in [5, 5.41) is 4.81. The van der Waals surface area contributed by atoms with Gasteiger partial charge in [0.2, 0.25) is 11.0 Å². The van der Waals surface area contributed by atoms with Gasteiger partial charge in [0.05, 0.1) is 21.1 Å². The van der Waals surface area contributed by atoms with Gasteiger partial charge >= 0.3 is 12.1 Å². The normalized spacial score (nSPS) is 20.5. The van der Waals surface area contributed by atoms with Crippen LogP contribution in [0.3, 0.4) is 0 Å². The Morgan fingerprint density at radius 2 is 1.82 bits per heavy atom. The molecule has 0 spiro atoms. The average Bonchev–Trinajstić information content (AvgIpc) is 2.70. The van der Waals surface area contributed by atoms with Gasteiger partial charge in [-0.05, 0) is 6.08 Å². The number of esters is 1. The Morgan fingerprint density at radius 3 is 2.48 bits per heavy atom. The maximum atomic E-state index is 12.8. The van der Waals surface area contributed by atoms with Gasteiger partial charge in [-0.15, -0.1) is 0 Å². The molecule has 0 unspecified atom stereocenters. The van der Waals surface area contributed by atoms with Crippen LogP contribution in [0.1, 0.15) is 20.3 Å². The van der Waals surface area contributed by atoms with E-state index in [1.807, 2.05) is 21.1 Å². The van der Waals surface area contributed by atoms with Crippen molar-refractivity contribution in [2.24, 2.45) is 5.41 Å². The van der Waals surface area contributed by atoms with Crippen LogP contribution >= 0.6 is 11.8 Å². The number of nitrogens with one attached hydrogen (secondary N) is 2. The molecule has 1 rings (SSSR count). The lowest BCUT2D eigenvalue weighted by Gasteiger charge is -2.31. The molecule has 0 radical (unpaired) electrons. The minimum absolute atomic E-state index is 0.0127. The topological polar surface area (TPSA) is 137 Å². The highest BCUT2D eigenvalue weighted by Crippen LogP contribution is 2.25. The van der Waals surface area contributed by atoms with Gasteiger partial charge in [0, 0.05) is 36.8 Å². The summed E-state index contributed by atoms with van der Waals surface area (Å²) in [4.78, 5) is 60.6. The van der Waals surface area contributed by atoms with Crippen molar-refractivity contribution in [2.75, 3.05) is 59.7 Å². The van der Waals surface area contributed by atoms with Crippen LogP contribution in [0.2, 0.25) is 0 Å². The molecule has 12 heteroatoms. The van der Waals surface area contributed by atoms with Crippen molar-refractivity contribution < 1.29 is 42.7 Å². The van der Waals surface area contributed by atoms with E-state index in [4.69, 9.17) is 14.2 Å². The van der Waals surface area contributed by atoms with E-state index in [0.29, 0.717) is 16.8 Å². The molecule has 33 heavy (non-hydrogen) atoms. The first-order valence-corrected chi connectivity index (χ1v) is 11.5. The number of cyclic esters (lactones) is 1. The lowest BCUT2D eigenvalue weighted by molar-refractivity contribution is -0.870. The summed E-state index contributed by atoms with van der Waals surface area (Å²) >= 11 is 0.935. The van der Waals surface area contributed by atoms with Gasteiger partial charge in [-0.25, -0.2) is 9.59 Å². The number of likely N-dealkylation sites (N-methyl/N-ethyl adjacent to an activating group) is 1. The fourth-order valence-electron chi connectivity index (χ4n) is 2.50. The van der Waals surface area contributed by atoms with Gasteiger partial charge in [0.25, 0.3) is 5.91 Å². The Bertz CT molecular complexity index is 761. The lowest BCUT2D eigenvalue weighted by atomic mass is 9.86. The summed E-state index contributed by atoms with van der Waals surface area (Å²) in [5.74, 6) is -1.51. The van der Waals surface area contributed by atoms with Crippen molar-refractivity contribution in [1.29, 1.82) is 0 Å². The van der Waals surface area contributed by atoms with E-state index in [9.17, 15) is 24.0 Å². The predicted molar refractivity (Wildman–Crippen MR) is 121 cm³/mol. The zero-order valence-electron chi connectivity index (χ0n) is 19.8. The molecule has 0 saturated heterocycles. The Kier molecular flexibility index (Phi) is 11.4. The van der Waals surface area contributed by atoms with Crippen molar-refractivity contribution in [3.05, 3.63) is 12.2 Å². The second kappa shape index (κ2) is 13.2. The quantitative estimate of drug-likeness (QED) is 0.398. The zero-order chi connectivity index (χ0) is 25.1. The third kappa shape index (κ3) is 12.3. The molecule has 0 aliphatic carbocycles. The first-order valence-electron chi connectivity index (χ1n) is 10.5. The van der Waals surface area contributed by atoms with Crippen LogP contribution in [0, 0.1) is 5.41 Å². The first-order chi connectivity index (χ1) is 15.3. The van der Waals surface area contributed by atoms with Crippen LogP contribution in [-0.2, 0) is 33.4 Å². The van der Waals surface area contributed by atoms with E-state index in [-0.39, 0.29) is 38.6 Å². The number of amides is 2. The average molecular weight is 489 g/mol. The van der Waals surface area contributed by atoms with Crippen molar-refractivity contribution in [3.63, 3.8) is 0 Å². The monoisotopic (exact) mass is 488 g/mol. The Balaban J connectivity index is 2.85. The van der Waals surface area contributed by atoms with E-state index in [1.165, 1.54) is 0 Å². The molecule has 0 bridgehead atoms. The van der Waals surface area contributed by atoms with E-state index >= 15 is 0 Å². The molecule has 1 heterocycles. The Morgan fingerprint density at radius 1 is 1.12 bits per heavy atom. The van der Waals surface area contributed by atoms with Gasteiger partial charge < -0.3 is 29.3 Å². The van der Waals surface area contributed by atoms with Crippen LogP contribution in [0.15, 0.2) is 12.2 Å². The van der Waals surface area contributed by atoms with Crippen molar-refractivity contribution in [3.8, 4) is 0 Å². The standard InChI is InChI=1S/C21H33N3O8S/c1-21(2,14-31-20(29)30-12-11-24(3,4)5)18-19(28)23-9-8-15(25)22-10-13-33-17(27)7-6-16(26)32-18/h6-7,18H,8-14H2,1-5H3,(H-,22,23,25,28)/p+1/b7-6+/t18-/m0/s1. The fourth-order valence-corrected chi connectivity index (χ4v) is 3.06. The third-order valence-corrected chi connectivity index (χ3v) is 5.23. The second-order valence-corrected chi connectivity index (χ2v) is 10.2. The van der Waals surface area contributed by atoms with E-state index in [1.54, 1.807) is 13.8 Å². The number of nitrogens with zero attached hydrogens (tertiary/aromatic N) is 1. The molecule has 1 aliphatic rings. The van der Waals surface area contributed by atoms with Gasteiger partial charge in [0.15, 0.2) is 6.10 Å². The number of carbonyl (C=O) groups excluding carboxylic acids is 5. The Labute approximate surface area is 198 Å². The smallest absolute Gasteiger partial charge is 0.448 e. The number of thioether (sulfide) groups is 1. The number of carbonyl (C=O) groups is 5. The molecule has 2 amide bonds. The number of rotatable bonds is 6. The summed E-state index contributed by atoms with van der Waals surface area (Å²) in [7, 11) is 5.85. The zero-order valence-corrected chi connectivity index (χ0v) is 20.6. The number of quaternary nitrogens is 1. The van der Waals surface area contributed by atoms with E-state index < -0.39 is 34.7 Å². The summed E-state index contributed by atoms with van der Waals surface area (Å²) in [6.45, 7) is 3.91. The molecular formula is C21H34N3O8S+. The molecular weight excluding hydrogens is 454 g/mol. The molecule has 1 atom stereocenters. The van der Waals surface area contributed by atoms with Gasteiger partial charge in [-0.2, -0.15) is 0 Å². The number of hydrogen-bond acceptors (Lipinski definition) is 9. The van der Waals surface area contributed by atoms with Gasteiger partial charge in [-0.1, -0.05) is 25.6 Å². The second-order valence-electron chi connectivity index (χ2n) is 9.10. The van der Waals surface area contributed by atoms with Crippen molar-refractivity contribution in [1.82, 2.24) is 10.6 Å². The highest BCUT2D eigenvalue weighted by Gasteiger charge is 2.40. The van der Waals surface area contributed by atoms with Gasteiger partial charge in [0.1, 0.15) is 19.8 Å². The fraction of sp³-hybridized carbons (Fsp3) is 0.667. The number of hydrogen-bond donors (Lipinski definition) is 2. The maximum absolute atomic E-state index is 12.8. The van der Waals surface area contributed by atoms with Crippen LogP contribution in [0.4, 0.5) is 4.79 Å². The molecule has 0 saturated carbocycles. The molecule has 0 fully saturated rings. The first kappa shape index (κ1) is 28.4. The van der Waals surface area contributed by atoms with Crippen LogP contribution < -0.4 is 10.6 Å². The SMILES string of the molecule is CC(C)(COC(=O)OCC[N+](C)(C)C)[C@H]1OC(=O)/C=C/C(=O)SCCNC(=O)CCNC1=O.